The molecule has 0 unspecified atom stereocenters. The first-order valence-corrected chi connectivity index (χ1v) is 9.45. The second-order valence-electron chi connectivity index (χ2n) is 7.44. The molecule has 0 radical (unpaired) electrons. The fourth-order valence-electron chi connectivity index (χ4n) is 4.11. The Morgan fingerprint density at radius 2 is 2.30 bits per heavy atom. The molecule has 0 aromatic carbocycles. The summed E-state index contributed by atoms with van der Waals surface area (Å²) in [7, 11) is 0. The summed E-state index contributed by atoms with van der Waals surface area (Å²) >= 11 is 0. The van der Waals surface area contributed by atoms with Gasteiger partial charge in [0.15, 0.2) is 0 Å². The van der Waals surface area contributed by atoms with E-state index in [-0.39, 0.29) is 12.0 Å². The Kier molecular flexibility index (Phi) is 5.45. The zero-order valence-corrected chi connectivity index (χ0v) is 15.5. The molecule has 1 N–H and O–H groups in total. The molecule has 144 valence electrons. The minimum Gasteiger partial charge on any atom is -0.377 e. The molecule has 8 nitrogen and oxygen atoms in total. The van der Waals surface area contributed by atoms with E-state index >= 15 is 0 Å². The van der Waals surface area contributed by atoms with Crippen LogP contribution < -0.4 is 5.32 Å². The average Bonchev–Trinajstić information content (AvgIpc) is 3.30. The Hall–Kier alpha value is -2.32. The molecular formula is C19H25N5O3. The lowest BCUT2D eigenvalue weighted by molar-refractivity contribution is -0.124. The van der Waals surface area contributed by atoms with E-state index in [1.54, 1.807) is 12.3 Å². The van der Waals surface area contributed by atoms with E-state index in [0.717, 1.165) is 49.7 Å². The fourth-order valence-corrected chi connectivity index (χ4v) is 4.11. The largest absolute Gasteiger partial charge is 0.377 e. The third kappa shape index (κ3) is 4.51. The van der Waals surface area contributed by atoms with E-state index < -0.39 is 0 Å². The maximum atomic E-state index is 12.2. The Bertz CT molecular complexity index is 766. The van der Waals surface area contributed by atoms with Crippen LogP contribution in [0.4, 0.5) is 0 Å². The lowest BCUT2D eigenvalue weighted by atomic mass is 9.83. The summed E-state index contributed by atoms with van der Waals surface area (Å²) < 4.78 is 10.7. The number of likely N-dealkylation sites (tertiary alicyclic amines) is 1. The number of amides is 1. The molecular weight excluding hydrogens is 346 g/mol. The number of aromatic nitrogens is 3. The monoisotopic (exact) mass is 371 g/mol. The number of carbonyl (C=O) groups excluding carboxylic acids is 1. The van der Waals surface area contributed by atoms with Gasteiger partial charge < -0.3 is 14.6 Å². The van der Waals surface area contributed by atoms with Crippen LogP contribution in [0, 0.1) is 18.8 Å². The van der Waals surface area contributed by atoms with Gasteiger partial charge in [0.1, 0.15) is 12.0 Å². The summed E-state index contributed by atoms with van der Waals surface area (Å²) in [4.78, 5) is 23.4. The molecule has 0 saturated carbocycles. The Balaban J connectivity index is 1.25. The second-order valence-corrected chi connectivity index (χ2v) is 7.44. The normalized spacial score (nSPS) is 25.3. The summed E-state index contributed by atoms with van der Waals surface area (Å²) in [6, 6.07) is 1.75. The SMILES string of the molecule is Cc1cncc(CN2CC[C@@H]3[C@@H](CO[C@H]3CC(=O)NCc3ccon3)C2)n1. The van der Waals surface area contributed by atoms with E-state index in [0.29, 0.717) is 24.8 Å². The number of hydrogen-bond acceptors (Lipinski definition) is 7. The van der Waals surface area contributed by atoms with Crippen LogP contribution in [0.15, 0.2) is 29.2 Å². The first kappa shape index (κ1) is 18.1. The molecule has 4 heterocycles. The standard InChI is InChI=1S/C19H25N5O3/c1-13-7-20-8-16(22-13)11-24-4-2-17-14(10-24)12-26-18(17)6-19(25)21-9-15-3-5-27-23-15/h3,5,7-8,14,17-18H,2,4,6,9-12H2,1H3,(H,21,25)/t14-,17-,18+/m1/s1. The Labute approximate surface area is 158 Å². The number of ether oxygens (including phenoxy) is 1. The van der Waals surface area contributed by atoms with Gasteiger partial charge in [-0.25, -0.2) is 0 Å². The number of hydrogen-bond donors (Lipinski definition) is 1. The number of fused-ring (bicyclic) bond motifs is 1. The highest BCUT2D eigenvalue weighted by atomic mass is 16.5. The zero-order valence-electron chi connectivity index (χ0n) is 15.5. The van der Waals surface area contributed by atoms with E-state index in [2.05, 4.69) is 25.3 Å². The summed E-state index contributed by atoms with van der Waals surface area (Å²) in [6.07, 6.45) is 6.58. The molecule has 2 aliphatic rings. The van der Waals surface area contributed by atoms with Crippen LogP contribution in [0.2, 0.25) is 0 Å². The van der Waals surface area contributed by atoms with Gasteiger partial charge in [-0.1, -0.05) is 5.16 Å². The van der Waals surface area contributed by atoms with Gasteiger partial charge in [0, 0.05) is 37.5 Å². The van der Waals surface area contributed by atoms with Crippen molar-refractivity contribution in [2.24, 2.45) is 11.8 Å². The van der Waals surface area contributed by atoms with Crippen molar-refractivity contribution >= 4 is 5.91 Å². The topological polar surface area (TPSA) is 93.4 Å². The Morgan fingerprint density at radius 3 is 3.11 bits per heavy atom. The molecule has 27 heavy (non-hydrogen) atoms. The van der Waals surface area contributed by atoms with Gasteiger partial charge in [0.2, 0.25) is 5.91 Å². The molecule has 8 heteroatoms. The van der Waals surface area contributed by atoms with Crippen molar-refractivity contribution in [3.8, 4) is 0 Å². The first-order valence-electron chi connectivity index (χ1n) is 9.45. The summed E-state index contributed by atoms with van der Waals surface area (Å²) in [5, 5.41) is 6.68. The van der Waals surface area contributed by atoms with Gasteiger partial charge in [-0.15, -0.1) is 0 Å². The maximum absolute atomic E-state index is 12.2. The fraction of sp³-hybridized carbons (Fsp3) is 0.579. The Morgan fingerprint density at radius 1 is 1.37 bits per heavy atom. The van der Waals surface area contributed by atoms with Gasteiger partial charge in [-0.2, -0.15) is 0 Å². The van der Waals surface area contributed by atoms with E-state index in [1.165, 1.54) is 6.26 Å². The van der Waals surface area contributed by atoms with Crippen LogP contribution in [0.5, 0.6) is 0 Å². The highest BCUT2D eigenvalue weighted by Crippen LogP contribution is 2.36. The van der Waals surface area contributed by atoms with Crippen molar-refractivity contribution in [2.45, 2.75) is 39.0 Å². The van der Waals surface area contributed by atoms with Crippen LogP contribution in [0.25, 0.3) is 0 Å². The summed E-state index contributed by atoms with van der Waals surface area (Å²) in [6.45, 7) is 5.88. The van der Waals surface area contributed by atoms with Crippen molar-refractivity contribution in [2.75, 3.05) is 19.7 Å². The molecule has 1 amide bonds. The van der Waals surface area contributed by atoms with Gasteiger partial charge in [0.25, 0.3) is 0 Å². The molecule has 4 rings (SSSR count). The van der Waals surface area contributed by atoms with Crippen LogP contribution in [0.3, 0.4) is 0 Å². The van der Waals surface area contributed by atoms with Gasteiger partial charge >= 0.3 is 0 Å². The molecule has 3 atom stereocenters. The molecule has 0 aliphatic carbocycles. The van der Waals surface area contributed by atoms with E-state index in [1.807, 2.05) is 13.1 Å². The lowest BCUT2D eigenvalue weighted by Gasteiger charge is -2.35. The molecule has 2 aromatic heterocycles. The smallest absolute Gasteiger partial charge is 0.222 e. The van der Waals surface area contributed by atoms with Gasteiger partial charge in [0.05, 0.1) is 37.1 Å². The van der Waals surface area contributed by atoms with Gasteiger partial charge in [-0.3, -0.25) is 19.7 Å². The van der Waals surface area contributed by atoms with Crippen LogP contribution >= 0.6 is 0 Å². The molecule has 2 saturated heterocycles. The predicted molar refractivity (Wildman–Crippen MR) is 96.3 cm³/mol. The van der Waals surface area contributed by atoms with E-state index in [9.17, 15) is 4.79 Å². The third-order valence-electron chi connectivity index (χ3n) is 5.41. The molecule has 0 spiro atoms. The third-order valence-corrected chi connectivity index (χ3v) is 5.41. The first-order chi connectivity index (χ1) is 13.2. The molecule has 0 bridgehead atoms. The number of piperidine rings is 1. The number of carbonyl (C=O) groups is 1. The minimum absolute atomic E-state index is 0.00103. The van der Waals surface area contributed by atoms with Crippen molar-refractivity contribution in [3.63, 3.8) is 0 Å². The molecule has 2 aromatic rings. The maximum Gasteiger partial charge on any atom is 0.222 e. The highest BCUT2D eigenvalue weighted by molar-refractivity contribution is 5.76. The van der Waals surface area contributed by atoms with E-state index in [4.69, 9.17) is 9.26 Å². The van der Waals surface area contributed by atoms with Crippen LogP contribution in [0.1, 0.15) is 29.9 Å². The number of rotatable bonds is 6. The van der Waals surface area contributed by atoms with Crippen molar-refractivity contribution in [3.05, 3.63) is 41.8 Å². The quantitative estimate of drug-likeness (QED) is 0.818. The zero-order chi connectivity index (χ0) is 18.6. The highest BCUT2D eigenvalue weighted by Gasteiger charge is 2.41. The predicted octanol–water partition coefficient (Wildman–Crippen LogP) is 1.32. The van der Waals surface area contributed by atoms with Crippen LogP contribution in [-0.2, 0) is 22.6 Å². The average molecular weight is 371 g/mol. The van der Waals surface area contributed by atoms with Crippen molar-refractivity contribution < 1.29 is 14.1 Å². The number of nitrogens with zero attached hydrogens (tertiary/aromatic N) is 4. The summed E-state index contributed by atoms with van der Waals surface area (Å²) in [5.74, 6) is 0.925. The van der Waals surface area contributed by atoms with Crippen molar-refractivity contribution in [1.82, 2.24) is 25.3 Å². The molecule has 2 fully saturated rings. The number of nitrogens with one attached hydrogen (secondary N) is 1. The molecule has 2 aliphatic heterocycles. The lowest BCUT2D eigenvalue weighted by Crippen LogP contribution is -2.42. The van der Waals surface area contributed by atoms with Crippen molar-refractivity contribution in [1.29, 1.82) is 0 Å². The van der Waals surface area contributed by atoms with Gasteiger partial charge in [-0.05, 0) is 25.8 Å². The summed E-state index contributed by atoms with van der Waals surface area (Å²) in [5.41, 5.74) is 2.68. The number of aryl methyl sites for hydroxylation is 1. The second kappa shape index (κ2) is 8.14. The minimum atomic E-state index is 0.00103. The van der Waals surface area contributed by atoms with Crippen LogP contribution in [-0.4, -0.2) is 51.7 Å².